The molecule has 2 aromatic heterocycles. The topological polar surface area (TPSA) is 105 Å². The van der Waals surface area contributed by atoms with Crippen LogP contribution in [0.1, 0.15) is 34.9 Å². The van der Waals surface area contributed by atoms with Gasteiger partial charge in [0.25, 0.3) is 5.56 Å². The number of nitrogens with one attached hydrogen (secondary N) is 1. The van der Waals surface area contributed by atoms with E-state index in [0.29, 0.717) is 17.1 Å². The van der Waals surface area contributed by atoms with Crippen LogP contribution in [0.2, 0.25) is 0 Å². The maximum atomic E-state index is 13.0. The van der Waals surface area contributed by atoms with Crippen molar-refractivity contribution in [2.24, 2.45) is 0 Å². The van der Waals surface area contributed by atoms with Gasteiger partial charge in [-0.25, -0.2) is 4.79 Å². The fraction of sp³-hybridized carbons (Fsp3) is 0.250. The Bertz CT molecular complexity index is 1990. The maximum Gasteiger partial charge on any atom is 0.330 e. The number of ether oxygens (including phenoxy) is 4. The van der Waals surface area contributed by atoms with Gasteiger partial charge in [-0.3, -0.25) is 14.3 Å². The minimum absolute atomic E-state index is 0.0231. The fourth-order valence-electron chi connectivity index (χ4n) is 5.99. The molecule has 1 aliphatic rings. The zero-order valence-corrected chi connectivity index (χ0v) is 29.7. The molecule has 1 saturated heterocycles. The van der Waals surface area contributed by atoms with Crippen LogP contribution < -0.4 is 25.1 Å². The molecule has 6 rings (SSSR count). The monoisotopic (exact) mass is 717 g/mol. The van der Waals surface area contributed by atoms with Gasteiger partial charge >= 0.3 is 5.69 Å². The Morgan fingerprint density at radius 3 is 2.02 bits per heavy atom. The van der Waals surface area contributed by atoms with Crippen LogP contribution in [0.3, 0.4) is 0 Å². The van der Waals surface area contributed by atoms with Crippen molar-refractivity contribution in [2.45, 2.75) is 37.4 Å². The second-order valence-corrected chi connectivity index (χ2v) is 16.8. The number of rotatable bonds is 12. The van der Waals surface area contributed by atoms with Crippen molar-refractivity contribution >= 4 is 29.7 Å². The van der Waals surface area contributed by atoms with Gasteiger partial charge in [-0.05, 0) is 59.7 Å². The summed E-state index contributed by atoms with van der Waals surface area (Å²) in [5.41, 5.74) is -2.25. The lowest BCUT2D eigenvalue weighted by Crippen LogP contribution is -2.39. The van der Waals surface area contributed by atoms with E-state index in [1.54, 1.807) is 37.9 Å². The third-order valence-electron chi connectivity index (χ3n) is 8.53. The second-order valence-electron chi connectivity index (χ2n) is 11.5. The van der Waals surface area contributed by atoms with Crippen LogP contribution in [-0.4, -0.2) is 42.6 Å². The van der Waals surface area contributed by atoms with Crippen LogP contribution in [0, 0.1) is 6.92 Å². The van der Waals surface area contributed by atoms with Gasteiger partial charge in [0, 0.05) is 30.3 Å². The smallest absolute Gasteiger partial charge is 0.330 e. The second kappa shape index (κ2) is 14.8. The molecule has 0 saturated carbocycles. The van der Waals surface area contributed by atoms with Crippen LogP contribution in [0.4, 0.5) is 0 Å². The Morgan fingerprint density at radius 1 is 0.898 bits per heavy atom. The third-order valence-corrected chi connectivity index (χ3v) is 11.5. The summed E-state index contributed by atoms with van der Waals surface area (Å²) in [4.78, 5) is 27.5. The molecule has 1 aliphatic heterocycles. The number of pyridine rings is 1. The molecule has 3 heterocycles. The first-order valence-corrected chi connectivity index (χ1v) is 19.3. The summed E-state index contributed by atoms with van der Waals surface area (Å²) in [6.07, 6.45) is 3.17. The molecule has 1 N–H and O–H groups in total. The lowest BCUT2D eigenvalue weighted by Gasteiger charge is -2.37. The van der Waals surface area contributed by atoms with E-state index >= 15 is 0 Å². The Balaban J connectivity index is 1.43. The number of aromatic amines is 1. The minimum atomic E-state index is -3.01. The Kier molecular flexibility index (Phi) is 10.5. The van der Waals surface area contributed by atoms with Gasteiger partial charge in [0.2, 0.25) is 0 Å². The largest absolute Gasteiger partial charge is 0.646 e. The van der Waals surface area contributed by atoms with Crippen LogP contribution in [0.15, 0.2) is 125 Å². The van der Waals surface area contributed by atoms with Crippen LogP contribution in [0.25, 0.3) is 0 Å². The number of benzene rings is 3. The summed E-state index contributed by atoms with van der Waals surface area (Å²) in [7, 11) is 3.24. The van der Waals surface area contributed by atoms with Crippen molar-refractivity contribution in [3.05, 3.63) is 159 Å². The van der Waals surface area contributed by atoms with Gasteiger partial charge in [-0.2, -0.15) is 4.34 Å². The third kappa shape index (κ3) is 7.30. The first kappa shape index (κ1) is 34.8. The van der Waals surface area contributed by atoms with Crippen LogP contribution in [0.5, 0.6) is 11.5 Å². The van der Waals surface area contributed by atoms with E-state index in [-0.39, 0.29) is 13.0 Å². The molecule has 254 valence electrons. The summed E-state index contributed by atoms with van der Waals surface area (Å²) in [5, 5.41) is 0. The van der Waals surface area contributed by atoms with Gasteiger partial charge in [0.15, 0.2) is 18.0 Å². The maximum absolute atomic E-state index is 13.0. The van der Waals surface area contributed by atoms with E-state index in [9.17, 15) is 9.59 Å². The van der Waals surface area contributed by atoms with Gasteiger partial charge in [-0.1, -0.05) is 60.7 Å². The van der Waals surface area contributed by atoms with Gasteiger partial charge in [0.05, 0.1) is 26.9 Å². The predicted molar refractivity (Wildman–Crippen MR) is 191 cm³/mol. The summed E-state index contributed by atoms with van der Waals surface area (Å²) in [6.45, 7) is 1.65. The number of aromatic nitrogens is 3. The number of methoxy groups -OCH3 is 2. The quantitative estimate of drug-likeness (QED) is 0.107. The number of hydrogen-bond acceptors (Lipinski definition) is 9. The highest BCUT2D eigenvalue weighted by Crippen LogP contribution is 2.47. The first-order valence-electron chi connectivity index (χ1n) is 15.6. The molecule has 3 aromatic carbocycles. The van der Waals surface area contributed by atoms with Crippen molar-refractivity contribution in [3.8, 4) is 11.5 Å². The van der Waals surface area contributed by atoms with Crippen LogP contribution in [-0.2, 0) is 43.7 Å². The Labute approximate surface area is 294 Å². The molecule has 0 spiro atoms. The zero-order valence-electron chi connectivity index (χ0n) is 27.1. The van der Waals surface area contributed by atoms with E-state index < -0.39 is 40.9 Å². The van der Waals surface area contributed by atoms with Crippen molar-refractivity contribution in [1.29, 1.82) is 0 Å². The average molecular weight is 718 g/mol. The molecule has 13 heteroatoms. The van der Waals surface area contributed by atoms with E-state index in [2.05, 4.69) is 4.98 Å². The van der Waals surface area contributed by atoms with E-state index in [1.807, 2.05) is 97.1 Å². The lowest BCUT2D eigenvalue weighted by atomic mass is 9.80. The Morgan fingerprint density at radius 2 is 1.45 bits per heavy atom. The molecular formula is C36H36N3O7PS2. The standard InChI is InChI=1S/C36H36N3O7PS2/c1-25-23-39(35(41)37-34(25)40)33-22-31(46-47(48,49)38-20-8-5-9-21-38)32(45-33)24-44-36(26-10-6-4-7-11-26,27-12-16-29(42-2)17-13-27)28-14-18-30(43-3)19-15-28/h4-21,23,31-33H,22,24H2,1-3H3,(H-,37,40,41,48,49)/t31-,32+,33+/m0/s1. The number of hydrogen-bond donors (Lipinski definition) is 1. The van der Waals surface area contributed by atoms with Crippen molar-refractivity contribution in [2.75, 3.05) is 20.8 Å². The summed E-state index contributed by atoms with van der Waals surface area (Å²) < 4.78 is 34.3. The molecule has 4 atom stereocenters. The summed E-state index contributed by atoms with van der Waals surface area (Å²) >= 11 is 11.8. The van der Waals surface area contributed by atoms with Gasteiger partial charge in [-0.15, -0.1) is 0 Å². The Hall–Kier alpha value is -4.03. The van der Waals surface area contributed by atoms with Crippen LogP contribution >= 0.6 is 5.62 Å². The molecule has 0 amide bonds. The number of aryl methyl sites for hydroxylation is 1. The summed E-state index contributed by atoms with van der Waals surface area (Å²) in [6, 6.07) is 30.9. The molecule has 0 bridgehead atoms. The lowest BCUT2D eigenvalue weighted by molar-refractivity contribution is -0.518. The fourth-order valence-corrected chi connectivity index (χ4v) is 8.46. The SMILES string of the molecule is COc1ccc(C(OC[C@H]2O[C@@H](n3cc(C)c(=O)[nH]c3=O)C[C@@H]2OP(=S)([S-])[n+]2ccccc2)(c2ccccc2)c2ccc(OC)cc2)cc1. The molecule has 1 fully saturated rings. The van der Waals surface area contributed by atoms with Gasteiger partial charge < -0.3 is 35.7 Å². The molecular weight excluding hydrogens is 682 g/mol. The summed E-state index contributed by atoms with van der Waals surface area (Å²) in [5.74, 6) is 1.40. The zero-order chi connectivity index (χ0) is 34.6. The molecule has 0 radical (unpaired) electrons. The van der Waals surface area contributed by atoms with Crippen molar-refractivity contribution < 1.29 is 27.8 Å². The van der Waals surface area contributed by atoms with E-state index in [1.165, 1.54) is 10.8 Å². The molecule has 5 aromatic rings. The van der Waals surface area contributed by atoms with E-state index in [4.69, 9.17) is 47.5 Å². The van der Waals surface area contributed by atoms with E-state index in [0.717, 1.165) is 16.7 Å². The molecule has 49 heavy (non-hydrogen) atoms. The van der Waals surface area contributed by atoms with Gasteiger partial charge in [0.1, 0.15) is 29.4 Å². The van der Waals surface area contributed by atoms with Crippen molar-refractivity contribution in [3.63, 3.8) is 0 Å². The number of nitrogens with zero attached hydrogens (tertiary/aromatic N) is 2. The molecule has 1 unspecified atom stereocenters. The average Bonchev–Trinajstić information content (AvgIpc) is 3.52. The molecule has 0 aliphatic carbocycles. The highest BCUT2D eigenvalue weighted by molar-refractivity contribution is 8.50. The minimum Gasteiger partial charge on any atom is -0.646 e. The highest BCUT2D eigenvalue weighted by Gasteiger charge is 2.44. The number of H-pyrrole nitrogens is 1. The normalized spacial score (nSPS) is 18.9. The highest BCUT2D eigenvalue weighted by atomic mass is 32.9. The van der Waals surface area contributed by atoms with Crippen molar-refractivity contribution in [1.82, 2.24) is 9.55 Å². The first-order chi connectivity index (χ1) is 23.6. The predicted octanol–water partition coefficient (Wildman–Crippen LogP) is 5.15. The molecule has 10 nitrogen and oxygen atoms in total.